The molecule has 1 heterocycles. The Bertz CT molecular complexity index is 732. The van der Waals surface area contributed by atoms with Gasteiger partial charge in [0.1, 0.15) is 10.7 Å². The number of thiophene rings is 1. The molecule has 0 radical (unpaired) electrons. The van der Waals surface area contributed by atoms with Gasteiger partial charge in [0, 0.05) is 15.9 Å². The van der Waals surface area contributed by atoms with Gasteiger partial charge in [-0.2, -0.15) is 0 Å². The molecule has 0 atom stereocenters. The fourth-order valence-electron chi connectivity index (χ4n) is 1.71. The Morgan fingerprint density at radius 3 is 2.76 bits per heavy atom. The quantitative estimate of drug-likeness (QED) is 0.789. The van der Waals surface area contributed by atoms with Crippen LogP contribution in [0.3, 0.4) is 0 Å². The predicted molar refractivity (Wildman–Crippen MR) is 86.6 cm³/mol. The number of nitrogens with one attached hydrogen (secondary N) is 2. The third-order valence-electron chi connectivity index (χ3n) is 2.71. The van der Waals surface area contributed by atoms with E-state index in [9.17, 15) is 12.8 Å². The third kappa shape index (κ3) is 4.03. The number of halogens is 2. The Kier molecular flexibility index (Phi) is 5.37. The maximum atomic E-state index is 13.8. The summed E-state index contributed by atoms with van der Waals surface area (Å²) in [6.07, 6.45) is 0. The first kappa shape index (κ1) is 16.4. The smallest absolute Gasteiger partial charge is 0.263 e. The normalized spacial score (nSPS) is 11.6. The predicted octanol–water partition coefficient (Wildman–Crippen LogP) is 3.56. The van der Waals surface area contributed by atoms with Gasteiger partial charge in [0.05, 0.1) is 5.69 Å². The lowest BCUT2D eigenvalue weighted by Gasteiger charge is -2.10. The van der Waals surface area contributed by atoms with Crippen LogP contribution in [0.15, 0.2) is 39.0 Å². The maximum absolute atomic E-state index is 13.8. The molecule has 0 saturated heterocycles. The second-order valence-electron chi connectivity index (χ2n) is 4.22. The maximum Gasteiger partial charge on any atom is 0.263 e. The zero-order valence-electron chi connectivity index (χ0n) is 11.2. The third-order valence-corrected chi connectivity index (χ3v) is 5.70. The molecule has 0 saturated carbocycles. The van der Waals surface area contributed by atoms with Crippen LogP contribution in [0.1, 0.15) is 11.8 Å². The van der Waals surface area contributed by atoms with Gasteiger partial charge in [-0.1, -0.05) is 22.9 Å². The molecule has 2 N–H and O–H groups in total. The molecule has 114 valence electrons. The van der Waals surface area contributed by atoms with Crippen molar-refractivity contribution < 1.29 is 12.8 Å². The van der Waals surface area contributed by atoms with Crippen molar-refractivity contribution >= 4 is 43.0 Å². The summed E-state index contributed by atoms with van der Waals surface area (Å²) in [5.74, 6) is -0.628. The molecule has 2 aromatic rings. The fourth-order valence-corrected chi connectivity index (χ4v) is 4.52. The van der Waals surface area contributed by atoms with Gasteiger partial charge < -0.3 is 5.32 Å². The fraction of sp³-hybridized carbons (Fsp3) is 0.231. The Morgan fingerprint density at radius 1 is 1.33 bits per heavy atom. The molecule has 1 aromatic heterocycles. The second kappa shape index (κ2) is 6.87. The highest BCUT2D eigenvalue weighted by atomic mass is 79.9. The number of hydrogen-bond acceptors (Lipinski definition) is 4. The lowest BCUT2D eigenvalue weighted by molar-refractivity contribution is 0.597. The van der Waals surface area contributed by atoms with Gasteiger partial charge in [0.15, 0.2) is 0 Å². The molecule has 0 unspecified atom stereocenters. The van der Waals surface area contributed by atoms with Crippen LogP contribution >= 0.6 is 27.3 Å². The molecule has 0 aliphatic carbocycles. The topological polar surface area (TPSA) is 58.2 Å². The van der Waals surface area contributed by atoms with Gasteiger partial charge in [0.25, 0.3) is 10.0 Å². The standard InChI is InChI=1S/C13H14BrFN2O2S2/c1-2-16-8-12-13(5-6-20-12)21(18,19)17-11-4-3-9(14)7-10(11)15/h3-7,16-17H,2,8H2,1H3. The zero-order chi connectivity index (χ0) is 15.5. The van der Waals surface area contributed by atoms with Crippen molar-refractivity contribution in [3.63, 3.8) is 0 Å². The molecule has 0 aliphatic heterocycles. The van der Waals surface area contributed by atoms with E-state index < -0.39 is 15.8 Å². The summed E-state index contributed by atoms with van der Waals surface area (Å²) in [5, 5.41) is 4.79. The van der Waals surface area contributed by atoms with Crippen LogP contribution in [-0.2, 0) is 16.6 Å². The van der Waals surface area contributed by atoms with Crippen molar-refractivity contribution in [2.24, 2.45) is 0 Å². The summed E-state index contributed by atoms with van der Waals surface area (Å²) in [4.78, 5) is 0.873. The molecule has 0 fully saturated rings. The van der Waals surface area contributed by atoms with Crippen molar-refractivity contribution in [2.75, 3.05) is 11.3 Å². The molecule has 8 heteroatoms. The highest BCUT2D eigenvalue weighted by Crippen LogP contribution is 2.26. The minimum Gasteiger partial charge on any atom is -0.312 e. The Balaban J connectivity index is 2.28. The molecular formula is C13H14BrFN2O2S2. The summed E-state index contributed by atoms with van der Waals surface area (Å²) in [6.45, 7) is 3.15. The van der Waals surface area contributed by atoms with Crippen molar-refractivity contribution in [3.8, 4) is 0 Å². The highest BCUT2D eigenvalue weighted by molar-refractivity contribution is 9.10. The van der Waals surface area contributed by atoms with Crippen molar-refractivity contribution in [1.82, 2.24) is 5.32 Å². The van der Waals surface area contributed by atoms with E-state index in [1.165, 1.54) is 29.5 Å². The van der Waals surface area contributed by atoms with Gasteiger partial charge in [-0.05, 0) is 36.2 Å². The van der Waals surface area contributed by atoms with Crippen molar-refractivity contribution in [1.29, 1.82) is 0 Å². The molecule has 2 rings (SSSR count). The first-order chi connectivity index (χ1) is 9.94. The average molecular weight is 393 g/mol. The second-order valence-corrected chi connectivity index (χ2v) is 7.79. The summed E-state index contributed by atoms with van der Waals surface area (Å²) in [6, 6.07) is 5.70. The molecule has 0 aliphatic rings. The summed E-state index contributed by atoms with van der Waals surface area (Å²) < 4.78 is 41.3. The van der Waals surface area contributed by atoms with E-state index in [1.54, 1.807) is 11.4 Å². The van der Waals surface area contributed by atoms with E-state index in [2.05, 4.69) is 26.0 Å². The van der Waals surface area contributed by atoms with E-state index in [0.717, 1.165) is 6.54 Å². The Labute approximate surface area is 135 Å². The van der Waals surface area contributed by atoms with E-state index in [4.69, 9.17) is 0 Å². The van der Waals surface area contributed by atoms with Crippen LogP contribution in [0.2, 0.25) is 0 Å². The average Bonchev–Trinajstić information content (AvgIpc) is 2.89. The van der Waals surface area contributed by atoms with E-state index in [-0.39, 0.29) is 10.6 Å². The monoisotopic (exact) mass is 392 g/mol. The van der Waals surface area contributed by atoms with Crippen LogP contribution in [0.5, 0.6) is 0 Å². The lowest BCUT2D eigenvalue weighted by Crippen LogP contribution is -2.17. The molecule has 0 spiro atoms. The van der Waals surface area contributed by atoms with Gasteiger partial charge in [-0.3, -0.25) is 4.72 Å². The molecule has 4 nitrogen and oxygen atoms in total. The zero-order valence-corrected chi connectivity index (χ0v) is 14.4. The lowest BCUT2D eigenvalue weighted by atomic mass is 10.3. The molecular weight excluding hydrogens is 379 g/mol. The SMILES string of the molecule is CCNCc1sccc1S(=O)(=O)Nc1ccc(Br)cc1F. The van der Waals surface area contributed by atoms with E-state index in [0.29, 0.717) is 15.9 Å². The molecule has 0 amide bonds. The minimum atomic E-state index is -3.80. The van der Waals surface area contributed by atoms with Crippen molar-refractivity contribution in [2.45, 2.75) is 18.4 Å². The number of sulfonamides is 1. The van der Waals surface area contributed by atoms with Crippen LogP contribution in [0.25, 0.3) is 0 Å². The Hall–Kier alpha value is -0.960. The number of hydrogen-bond donors (Lipinski definition) is 2. The largest absolute Gasteiger partial charge is 0.312 e. The molecule has 0 bridgehead atoms. The van der Waals surface area contributed by atoms with Gasteiger partial charge >= 0.3 is 0 Å². The van der Waals surface area contributed by atoms with Gasteiger partial charge in [-0.25, -0.2) is 12.8 Å². The minimum absolute atomic E-state index is 0.0706. The number of rotatable bonds is 6. The summed E-state index contributed by atoms with van der Waals surface area (Å²) in [5.41, 5.74) is -0.0706. The first-order valence-electron chi connectivity index (χ1n) is 6.19. The summed E-state index contributed by atoms with van der Waals surface area (Å²) in [7, 11) is -3.80. The van der Waals surface area contributed by atoms with Crippen LogP contribution in [0.4, 0.5) is 10.1 Å². The van der Waals surface area contributed by atoms with Gasteiger partial charge in [-0.15, -0.1) is 11.3 Å². The molecule has 21 heavy (non-hydrogen) atoms. The van der Waals surface area contributed by atoms with Crippen LogP contribution in [-0.4, -0.2) is 15.0 Å². The summed E-state index contributed by atoms with van der Waals surface area (Å²) >= 11 is 4.48. The number of benzene rings is 1. The van der Waals surface area contributed by atoms with E-state index in [1.807, 2.05) is 6.92 Å². The molecule has 1 aromatic carbocycles. The van der Waals surface area contributed by atoms with Crippen LogP contribution < -0.4 is 10.0 Å². The van der Waals surface area contributed by atoms with Crippen molar-refractivity contribution in [3.05, 3.63) is 44.8 Å². The highest BCUT2D eigenvalue weighted by Gasteiger charge is 2.21. The first-order valence-corrected chi connectivity index (χ1v) is 9.34. The van der Waals surface area contributed by atoms with Gasteiger partial charge in [0.2, 0.25) is 0 Å². The number of anilines is 1. The Morgan fingerprint density at radius 2 is 2.10 bits per heavy atom. The van der Waals surface area contributed by atoms with Crippen LogP contribution in [0, 0.1) is 5.82 Å². The van der Waals surface area contributed by atoms with E-state index >= 15 is 0 Å².